The van der Waals surface area contributed by atoms with Gasteiger partial charge in [-0.05, 0) is 18.2 Å². The van der Waals surface area contributed by atoms with Crippen LogP contribution >= 0.6 is 11.8 Å². The first-order valence-electron chi connectivity index (χ1n) is 5.74. The van der Waals surface area contributed by atoms with E-state index in [9.17, 15) is 9.59 Å². The first-order valence-corrected chi connectivity index (χ1v) is 7.13. The van der Waals surface area contributed by atoms with Crippen LogP contribution in [0.25, 0.3) is 0 Å². The lowest BCUT2D eigenvalue weighted by atomic mass is 10.1. The molecule has 0 aromatic heterocycles. The van der Waals surface area contributed by atoms with Crippen molar-refractivity contribution >= 4 is 23.8 Å². The molecule has 4 nitrogen and oxygen atoms in total. The van der Waals surface area contributed by atoms with Crippen molar-refractivity contribution in [2.24, 2.45) is 0 Å². The van der Waals surface area contributed by atoms with E-state index in [2.05, 4.69) is 0 Å². The molecule has 1 aromatic carbocycles. The Kier molecular flexibility index (Phi) is 4.25. The highest BCUT2D eigenvalue weighted by molar-refractivity contribution is 7.99. The molecule has 0 aliphatic carbocycles. The van der Waals surface area contributed by atoms with Crippen molar-refractivity contribution in [1.82, 2.24) is 4.90 Å². The van der Waals surface area contributed by atoms with Gasteiger partial charge in [-0.25, -0.2) is 9.69 Å². The summed E-state index contributed by atoms with van der Waals surface area (Å²) in [7, 11) is 0. The van der Waals surface area contributed by atoms with E-state index in [0.29, 0.717) is 12.2 Å². The Morgan fingerprint density at radius 2 is 2.17 bits per heavy atom. The van der Waals surface area contributed by atoms with Crippen molar-refractivity contribution in [2.75, 3.05) is 18.6 Å². The van der Waals surface area contributed by atoms with Crippen molar-refractivity contribution in [3.8, 4) is 0 Å². The minimum Gasteiger partial charge on any atom is -0.447 e. The number of cyclic esters (lactones) is 1. The van der Waals surface area contributed by atoms with Crippen molar-refractivity contribution in [3.05, 3.63) is 35.9 Å². The quantitative estimate of drug-likeness (QED) is 0.834. The Labute approximate surface area is 110 Å². The maximum absolute atomic E-state index is 11.9. The van der Waals surface area contributed by atoms with E-state index < -0.39 is 6.09 Å². The van der Waals surface area contributed by atoms with E-state index in [0.717, 1.165) is 5.56 Å². The first kappa shape index (κ1) is 13.0. The number of amides is 2. The number of rotatable bonds is 4. The van der Waals surface area contributed by atoms with Gasteiger partial charge in [0.15, 0.2) is 0 Å². The Hall–Kier alpha value is -1.49. The third kappa shape index (κ3) is 2.85. The zero-order chi connectivity index (χ0) is 13.0. The fraction of sp³-hybridized carbons (Fsp3) is 0.385. The average Bonchev–Trinajstić information content (AvgIpc) is 2.72. The maximum atomic E-state index is 11.9. The van der Waals surface area contributed by atoms with Gasteiger partial charge in [-0.3, -0.25) is 4.79 Å². The van der Waals surface area contributed by atoms with Crippen molar-refractivity contribution < 1.29 is 14.3 Å². The van der Waals surface area contributed by atoms with Gasteiger partial charge in [-0.15, -0.1) is 0 Å². The van der Waals surface area contributed by atoms with Crippen LogP contribution in [0.3, 0.4) is 0 Å². The number of imide groups is 1. The molecule has 0 bridgehead atoms. The van der Waals surface area contributed by atoms with E-state index in [4.69, 9.17) is 4.74 Å². The Bertz CT molecular complexity index is 435. The summed E-state index contributed by atoms with van der Waals surface area (Å²) >= 11 is 1.41. The summed E-state index contributed by atoms with van der Waals surface area (Å²) in [6.45, 7) is 0.286. The molecule has 1 aliphatic rings. The van der Waals surface area contributed by atoms with Crippen LogP contribution in [0.15, 0.2) is 30.3 Å². The van der Waals surface area contributed by atoms with Crippen LogP contribution in [0.5, 0.6) is 0 Å². The smallest absolute Gasteiger partial charge is 0.417 e. The van der Waals surface area contributed by atoms with Gasteiger partial charge in [0.1, 0.15) is 6.61 Å². The van der Waals surface area contributed by atoms with Gasteiger partial charge < -0.3 is 4.74 Å². The number of nitrogens with zero attached hydrogens (tertiary/aromatic N) is 1. The van der Waals surface area contributed by atoms with Crippen LogP contribution in [-0.4, -0.2) is 41.6 Å². The number of hydrogen-bond acceptors (Lipinski definition) is 4. The second-order valence-electron chi connectivity index (χ2n) is 4.12. The molecule has 0 radical (unpaired) electrons. The maximum Gasteiger partial charge on any atom is 0.417 e. The SMILES string of the molecule is CSCC(=O)N1C(=O)OC[C@H]1Cc1ccccc1. The molecule has 1 saturated heterocycles. The van der Waals surface area contributed by atoms with Crippen LogP contribution in [0, 0.1) is 0 Å². The molecule has 1 aliphatic heterocycles. The van der Waals surface area contributed by atoms with Gasteiger partial charge in [-0.2, -0.15) is 11.8 Å². The van der Waals surface area contributed by atoms with Crippen molar-refractivity contribution in [3.63, 3.8) is 0 Å². The number of benzene rings is 1. The molecule has 1 fully saturated rings. The monoisotopic (exact) mass is 265 g/mol. The van der Waals surface area contributed by atoms with Crippen LogP contribution in [0.1, 0.15) is 5.56 Å². The topological polar surface area (TPSA) is 46.6 Å². The number of carbonyl (C=O) groups excluding carboxylic acids is 2. The Morgan fingerprint density at radius 3 is 2.83 bits per heavy atom. The number of carbonyl (C=O) groups is 2. The highest BCUT2D eigenvalue weighted by Gasteiger charge is 2.37. The summed E-state index contributed by atoms with van der Waals surface area (Å²) in [5.74, 6) is 0.131. The molecule has 1 heterocycles. The van der Waals surface area contributed by atoms with Crippen LogP contribution in [-0.2, 0) is 16.0 Å². The predicted molar refractivity (Wildman–Crippen MR) is 70.5 cm³/mol. The largest absolute Gasteiger partial charge is 0.447 e. The summed E-state index contributed by atoms with van der Waals surface area (Å²) in [5.41, 5.74) is 1.10. The average molecular weight is 265 g/mol. The lowest BCUT2D eigenvalue weighted by molar-refractivity contribution is -0.126. The first-order chi connectivity index (χ1) is 8.72. The summed E-state index contributed by atoms with van der Waals surface area (Å²) in [6.07, 6.45) is 1.97. The molecule has 96 valence electrons. The molecular weight excluding hydrogens is 250 g/mol. The molecule has 2 amide bonds. The van der Waals surface area contributed by atoms with Gasteiger partial charge in [0.25, 0.3) is 0 Å². The van der Waals surface area contributed by atoms with E-state index in [1.807, 2.05) is 36.6 Å². The molecular formula is C13H15NO3S. The molecule has 0 saturated carbocycles. The summed E-state index contributed by atoms with van der Waals surface area (Å²) in [5, 5.41) is 0. The van der Waals surface area contributed by atoms with Gasteiger partial charge in [-0.1, -0.05) is 30.3 Å². The lowest BCUT2D eigenvalue weighted by Crippen LogP contribution is -2.41. The minimum atomic E-state index is -0.519. The lowest BCUT2D eigenvalue weighted by Gasteiger charge is -2.19. The molecule has 0 N–H and O–H groups in total. The van der Waals surface area contributed by atoms with Crippen LogP contribution in [0.2, 0.25) is 0 Å². The highest BCUT2D eigenvalue weighted by atomic mass is 32.2. The summed E-state index contributed by atoms with van der Waals surface area (Å²) in [6, 6.07) is 9.62. The predicted octanol–water partition coefficient (Wildman–Crippen LogP) is 1.94. The molecule has 0 spiro atoms. The van der Waals surface area contributed by atoms with Crippen molar-refractivity contribution in [2.45, 2.75) is 12.5 Å². The fourth-order valence-electron chi connectivity index (χ4n) is 2.00. The Morgan fingerprint density at radius 1 is 1.44 bits per heavy atom. The number of ether oxygens (including phenoxy) is 1. The fourth-order valence-corrected chi connectivity index (χ4v) is 2.38. The zero-order valence-corrected chi connectivity index (χ0v) is 11.0. The highest BCUT2D eigenvalue weighted by Crippen LogP contribution is 2.18. The van der Waals surface area contributed by atoms with E-state index >= 15 is 0 Å². The van der Waals surface area contributed by atoms with E-state index in [-0.39, 0.29) is 18.6 Å². The van der Waals surface area contributed by atoms with Crippen LogP contribution in [0.4, 0.5) is 4.79 Å². The standard InChI is InChI=1S/C13H15NO3S/c1-18-9-12(15)14-11(8-17-13(14)16)7-10-5-3-2-4-6-10/h2-6,11H,7-9H2,1H3/t11-/m1/s1. The summed E-state index contributed by atoms with van der Waals surface area (Å²) < 4.78 is 4.97. The number of hydrogen-bond donors (Lipinski definition) is 0. The molecule has 18 heavy (non-hydrogen) atoms. The third-order valence-corrected chi connectivity index (χ3v) is 3.35. The summed E-state index contributed by atoms with van der Waals surface area (Å²) in [4.78, 5) is 24.7. The van der Waals surface area contributed by atoms with E-state index in [1.165, 1.54) is 16.7 Å². The molecule has 1 aromatic rings. The van der Waals surface area contributed by atoms with Gasteiger partial charge in [0.2, 0.25) is 5.91 Å². The van der Waals surface area contributed by atoms with Gasteiger partial charge in [0.05, 0.1) is 11.8 Å². The Balaban J connectivity index is 2.07. The normalized spacial score (nSPS) is 18.8. The van der Waals surface area contributed by atoms with Crippen LogP contribution < -0.4 is 0 Å². The van der Waals surface area contributed by atoms with E-state index in [1.54, 1.807) is 0 Å². The third-order valence-electron chi connectivity index (χ3n) is 2.81. The second-order valence-corrected chi connectivity index (χ2v) is 4.98. The zero-order valence-electron chi connectivity index (χ0n) is 10.2. The molecule has 0 unspecified atom stereocenters. The second kappa shape index (κ2) is 5.91. The van der Waals surface area contributed by atoms with Gasteiger partial charge in [0, 0.05) is 0 Å². The minimum absolute atomic E-state index is 0.175. The molecule has 1 atom stereocenters. The molecule has 2 rings (SSSR count). The number of thioether (sulfide) groups is 1. The van der Waals surface area contributed by atoms with Gasteiger partial charge >= 0.3 is 6.09 Å². The van der Waals surface area contributed by atoms with Crippen molar-refractivity contribution in [1.29, 1.82) is 0 Å². The molecule has 5 heteroatoms.